The maximum absolute atomic E-state index is 11.9. The fraction of sp³-hybridized carbons (Fsp3) is 0.846. The summed E-state index contributed by atoms with van der Waals surface area (Å²) in [7, 11) is 0. The van der Waals surface area contributed by atoms with Gasteiger partial charge in [0, 0.05) is 38.8 Å². The lowest BCUT2D eigenvalue weighted by Crippen LogP contribution is -2.51. The second-order valence-corrected chi connectivity index (χ2v) is 5.62. The number of carbonyl (C=O) groups is 1. The Hall–Kier alpha value is -0.720. The first-order chi connectivity index (χ1) is 9.05. The molecule has 3 N–H and O–H groups in total. The number of nitrogens with two attached hydrogens (primary N) is 1. The van der Waals surface area contributed by atoms with Crippen LogP contribution in [0, 0.1) is 0 Å². The van der Waals surface area contributed by atoms with E-state index >= 15 is 0 Å². The van der Waals surface area contributed by atoms with Crippen molar-refractivity contribution in [2.24, 2.45) is 5.73 Å². The average Bonchev–Trinajstić information content (AvgIpc) is 2.37. The second-order valence-electron chi connectivity index (χ2n) is 5.10. The predicted molar refractivity (Wildman–Crippen MR) is 82.2 cm³/mol. The largest absolute Gasteiger partial charge is 0.392 e. The van der Waals surface area contributed by atoms with Gasteiger partial charge in [0.25, 0.3) is 0 Å². The molecule has 1 saturated heterocycles. The molecule has 0 unspecified atom stereocenters. The van der Waals surface area contributed by atoms with Crippen LogP contribution in [-0.4, -0.2) is 66.0 Å². The van der Waals surface area contributed by atoms with Crippen molar-refractivity contribution in [3.63, 3.8) is 0 Å². The summed E-state index contributed by atoms with van der Waals surface area (Å²) < 4.78 is 0. The van der Waals surface area contributed by atoms with E-state index in [1.165, 1.54) is 0 Å². The van der Waals surface area contributed by atoms with Gasteiger partial charge >= 0.3 is 0 Å². The molecule has 0 bridgehead atoms. The van der Waals surface area contributed by atoms with Crippen molar-refractivity contribution in [1.29, 1.82) is 0 Å². The van der Waals surface area contributed by atoms with Crippen LogP contribution in [0.25, 0.3) is 0 Å². The molecular formula is C13H26N4OS. The van der Waals surface area contributed by atoms with Crippen LogP contribution >= 0.6 is 12.2 Å². The number of hydrogen-bond donors (Lipinski definition) is 2. The van der Waals surface area contributed by atoms with Crippen molar-refractivity contribution in [2.75, 3.05) is 39.3 Å². The van der Waals surface area contributed by atoms with Gasteiger partial charge in [-0.05, 0) is 12.8 Å². The van der Waals surface area contributed by atoms with E-state index in [2.05, 4.69) is 29.0 Å². The molecule has 0 aromatic rings. The second kappa shape index (κ2) is 8.45. The minimum Gasteiger partial charge on any atom is -0.392 e. The number of carbonyl (C=O) groups excluding carboxylic acids is 1. The third-order valence-electron chi connectivity index (χ3n) is 3.56. The van der Waals surface area contributed by atoms with Crippen LogP contribution < -0.4 is 11.1 Å². The lowest BCUT2D eigenvalue weighted by Gasteiger charge is -2.34. The standard InChI is InChI=1S/C13H26N4OS/c1-3-11(4-2)15-13(18)10-17-7-5-16(6-8-17)9-12(14)19/h11H,3-10H2,1-2H3,(H2,14,19)(H,15,18). The average molecular weight is 286 g/mol. The molecule has 0 aromatic carbocycles. The van der Waals surface area contributed by atoms with Crippen molar-refractivity contribution in [3.05, 3.63) is 0 Å². The molecule has 1 fully saturated rings. The molecule has 1 aliphatic rings. The molecule has 110 valence electrons. The van der Waals surface area contributed by atoms with Gasteiger partial charge in [0.15, 0.2) is 0 Å². The van der Waals surface area contributed by atoms with E-state index in [1.807, 2.05) is 0 Å². The summed E-state index contributed by atoms with van der Waals surface area (Å²) in [6.07, 6.45) is 1.98. The third kappa shape index (κ3) is 6.31. The molecular weight excluding hydrogens is 260 g/mol. The van der Waals surface area contributed by atoms with Crippen molar-refractivity contribution < 1.29 is 4.79 Å². The molecule has 0 spiro atoms. The highest BCUT2D eigenvalue weighted by Gasteiger charge is 2.19. The Balaban J connectivity index is 2.25. The molecule has 1 heterocycles. The Bertz CT molecular complexity index is 299. The van der Waals surface area contributed by atoms with Gasteiger partial charge in [0.2, 0.25) is 5.91 Å². The van der Waals surface area contributed by atoms with E-state index in [1.54, 1.807) is 0 Å². The van der Waals surface area contributed by atoms with Crippen molar-refractivity contribution in [2.45, 2.75) is 32.7 Å². The quantitative estimate of drug-likeness (QED) is 0.655. The number of piperazine rings is 1. The first kappa shape index (κ1) is 16.3. The number of rotatable bonds is 7. The molecule has 0 aliphatic carbocycles. The Kier molecular flexibility index (Phi) is 7.27. The summed E-state index contributed by atoms with van der Waals surface area (Å²) >= 11 is 4.91. The van der Waals surface area contributed by atoms with Crippen LogP contribution in [0.2, 0.25) is 0 Å². The number of nitrogens with one attached hydrogen (secondary N) is 1. The fourth-order valence-corrected chi connectivity index (χ4v) is 2.48. The zero-order valence-electron chi connectivity index (χ0n) is 12.0. The predicted octanol–water partition coefficient (Wildman–Crippen LogP) is 0.195. The summed E-state index contributed by atoms with van der Waals surface area (Å²) in [5.41, 5.74) is 5.54. The molecule has 0 radical (unpaired) electrons. The minimum atomic E-state index is 0.136. The molecule has 1 rings (SSSR count). The van der Waals surface area contributed by atoms with E-state index in [0.29, 0.717) is 24.1 Å². The first-order valence-corrected chi connectivity index (χ1v) is 7.48. The topological polar surface area (TPSA) is 61.6 Å². The molecule has 0 saturated carbocycles. The van der Waals surface area contributed by atoms with Gasteiger partial charge in [-0.2, -0.15) is 0 Å². The number of hydrogen-bond acceptors (Lipinski definition) is 4. The smallest absolute Gasteiger partial charge is 0.234 e. The van der Waals surface area contributed by atoms with Gasteiger partial charge in [0.1, 0.15) is 0 Å². The Morgan fingerprint density at radius 1 is 1.16 bits per heavy atom. The van der Waals surface area contributed by atoms with Crippen LogP contribution in [0.4, 0.5) is 0 Å². The maximum atomic E-state index is 11.9. The summed E-state index contributed by atoms with van der Waals surface area (Å²) in [4.78, 5) is 16.9. The Labute approximate surface area is 121 Å². The van der Waals surface area contributed by atoms with Gasteiger partial charge in [0.05, 0.1) is 11.5 Å². The molecule has 0 aromatic heterocycles. The maximum Gasteiger partial charge on any atom is 0.234 e. The molecule has 0 atom stereocenters. The van der Waals surface area contributed by atoms with E-state index < -0.39 is 0 Å². The number of amides is 1. The summed E-state index contributed by atoms with van der Waals surface area (Å²) in [6.45, 7) is 9.04. The Morgan fingerprint density at radius 3 is 2.05 bits per heavy atom. The molecule has 1 amide bonds. The lowest BCUT2D eigenvalue weighted by molar-refractivity contribution is -0.123. The van der Waals surface area contributed by atoms with Gasteiger partial charge in [-0.3, -0.25) is 14.6 Å². The van der Waals surface area contributed by atoms with Gasteiger partial charge in [-0.1, -0.05) is 26.1 Å². The van der Waals surface area contributed by atoms with E-state index in [-0.39, 0.29) is 5.91 Å². The number of thiocarbonyl (C=S) groups is 1. The van der Waals surface area contributed by atoms with Gasteiger partial charge in [-0.15, -0.1) is 0 Å². The normalized spacial score (nSPS) is 17.6. The van der Waals surface area contributed by atoms with E-state index in [4.69, 9.17) is 18.0 Å². The fourth-order valence-electron chi connectivity index (χ4n) is 2.30. The molecule has 1 aliphatic heterocycles. The van der Waals surface area contributed by atoms with Crippen molar-refractivity contribution in [1.82, 2.24) is 15.1 Å². The van der Waals surface area contributed by atoms with Gasteiger partial charge in [-0.25, -0.2) is 0 Å². The van der Waals surface area contributed by atoms with Gasteiger partial charge < -0.3 is 11.1 Å². The number of nitrogens with zero attached hydrogens (tertiary/aromatic N) is 2. The lowest BCUT2D eigenvalue weighted by atomic mass is 10.2. The first-order valence-electron chi connectivity index (χ1n) is 7.07. The highest BCUT2D eigenvalue weighted by Crippen LogP contribution is 2.02. The monoisotopic (exact) mass is 286 g/mol. The summed E-state index contributed by atoms with van der Waals surface area (Å²) in [5, 5.41) is 3.07. The SMILES string of the molecule is CCC(CC)NC(=O)CN1CCN(CC(N)=S)CC1. The highest BCUT2D eigenvalue weighted by molar-refractivity contribution is 7.80. The van der Waals surface area contributed by atoms with Crippen LogP contribution in [0.1, 0.15) is 26.7 Å². The zero-order valence-corrected chi connectivity index (χ0v) is 12.8. The van der Waals surface area contributed by atoms with Crippen molar-refractivity contribution >= 4 is 23.1 Å². The highest BCUT2D eigenvalue weighted by atomic mass is 32.1. The van der Waals surface area contributed by atoms with Crippen LogP contribution in [-0.2, 0) is 4.79 Å². The van der Waals surface area contributed by atoms with Crippen LogP contribution in [0.5, 0.6) is 0 Å². The summed E-state index contributed by atoms with van der Waals surface area (Å²) in [6, 6.07) is 0.309. The van der Waals surface area contributed by atoms with Crippen LogP contribution in [0.15, 0.2) is 0 Å². The summed E-state index contributed by atoms with van der Waals surface area (Å²) in [5.74, 6) is 0.136. The molecule has 19 heavy (non-hydrogen) atoms. The van der Waals surface area contributed by atoms with Crippen LogP contribution in [0.3, 0.4) is 0 Å². The molecule has 5 nitrogen and oxygen atoms in total. The Morgan fingerprint density at radius 2 is 1.63 bits per heavy atom. The van der Waals surface area contributed by atoms with E-state index in [9.17, 15) is 4.79 Å². The molecule has 6 heteroatoms. The van der Waals surface area contributed by atoms with E-state index in [0.717, 1.165) is 39.0 Å². The third-order valence-corrected chi connectivity index (χ3v) is 3.69. The minimum absolute atomic E-state index is 0.136. The zero-order chi connectivity index (χ0) is 14.3. The van der Waals surface area contributed by atoms with Crippen molar-refractivity contribution in [3.8, 4) is 0 Å².